The lowest BCUT2D eigenvalue weighted by molar-refractivity contribution is -0.120. The van der Waals surface area contributed by atoms with Gasteiger partial charge in [-0.2, -0.15) is 10.2 Å². The molecule has 0 radical (unpaired) electrons. The molecule has 1 N–H and O–H groups in total. The molecule has 1 aliphatic heterocycles. The van der Waals surface area contributed by atoms with Crippen molar-refractivity contribution < 1.29 is 4.79 Å². The molecule has 0 unspecified atom stereocenters. The van der Waals surface area contributed by atoms with Crippen molar-refractivity contribution in [2.24, 2.45) is 5.92 Å². The summed E-state index contributed by atoms with van der Waals surface area (Å²) in [6, 6.07) is 16.1. The van der Waals surface area contributed by atoms with Gasteiger partial charge in [0.05, 0.1) is 28.4 Å². The van der Waals surface area contributed by atoms with E-state index in [-0.39, 0.29) is 11.8 Å². The molecule has 3 heterocycles. The molecule has 1 aliphatic rings. The number of aryl methyl sites for hydroxylation is 3. The second-order valence-electron chi connectivity index (χ2n) is 9.19. The Labute approximate surface area is 199 Å². The normalized spacial score (nSPS) is 16.1. The number of rotatable bonds is 4. The van der Waals surface area contributed by atoms with Gasteiger partial charge < -0.3 is 10.2 Å². The van der Waals surface area contributed by atoms with Gasteiger partial charge in [-0.1, -0.05) is 30.3 Å². The number of amides is 1. The first-order chi connectivity index (χ1) is 16.4. The average Bonchev–Trinajstić information content (AvgIpc) is 3.21. The fourth-order valence-electron chi connectivity index (χ4n) is 4.85. The Morgan fingerprint density at radius 2 is 1.79 bits per heavy atom. The number of nitrogens with one attached hydrogen (secondary N) is 1. The van der Waals surface area contributed by atoms with Crippen LogP contribution in [0.15, 0.2) is 48.5 Å². The molecule has 7 nitrogen and oxygen atoms in total. The topological polar surface area (TPSA) is 75.9 Å². The van der Waals surface area contributed by atoms with E-state index in [0.717, 1.165) is 64.4 Å². The highest BCUT2D eigenvalue weighted by Crippen LogP contribution is 2.32. The smallest absolute Gasteiger partial charge is 0.229 e. The number of fused-ring (bicyclic) bond motifs is 1. The second-order valence-corrected chi connectivity index (χ2v) is 9.19. The van der Waals surface area contributed by atoms with E-state index in [1.54, 1.807) is 0 Å². The summed E-state index contributed by atoms with van der Waals surface area (Å²) in [5.74, 6) is 0.687. The lowest BCUT2D eigenvalue weighted by Crippen LogP contribution is -2.41. The van der Waals surface area contributed by atoms with Gasteiger partial charge in [0, 0.05) is 18.8 Å². The van der Waals surface area contributed by atoms with Crippen LogP contribution in [0.5, 0.6) is 0 Å². The molecule has 1 fully saturated rings. The van der Waals surface area contributed by atoms with Gasteiger partial charge in [-0.3, -0.25) is 4.79 Å². The summed E-state index contributed by atoms with van der Waals surface area (Å²) in [5.41, 5.74) is 6.91. The summed E-state index contributed by atoms with van der Waals surface area (Å²) in [4.78, 5) is 15.3. The fourth-order valence-corrected chi connectivity index (χ4v) is 4.85. The molecule has 7 heteroatoms. The van der Waals surface area contributed by atoms with E-state index in [1.165, 1.54) is 5.56 Å². The average molecular weight is 455 g/mol. The lowest BCUT2D eigenvalue weighted by Gasteiger charge is -2.32. The highest BCUT2D eigenvalue weighted by molar-refractivity contribution is 5.95. The predicted octanol–water partition coefficient (Wildman–Crippen LogP) is 4.90. The maximum atomic E-state index is 13.2. The number of para-hydroxylation sites is 1. The third-order valence-electron chi connectivity index (χ3n) is 6.94. The van der Waals surface area contributed by atoms with E-state index in [2.05, 4.69) is 40.3 Å². The number of carbonyl (C=O) groups excluding carboxylic acids is 1. The zero-order valence-corrected chi connectivity index (χ0v) is 20.2. The molecule has 5 rings (SSSR count). The Morgan fingerprint density at radius 3 is 2.59 bits per heavy atom. The summed E-state index contributed by atoms with van der Waals surface area (Å²) in [7, 11) is 0. The number of carbonyl (C=O) groups is 1. The maximum absolute atomic E-state index is 13.2. The number of hydrogen-bond acceptors (Lipinski definition) is 5. The first-order valence-electron chi connectivity index (χ1n) is 11.8. The Balaban J connectivity index is 1.45. The van der Waals surface area contributed by atoms with Crippen LogP contribution in [0.25, 0.3) is 16.6 Å². The van der Waals surface area contributed by atoms with Crippen LogP contribution in [-0.2, 0) is 4.79 Å². The quantitative estimate of drug-likeness (QED) is 0.474. The molecule has 2 aromatic carbocycles. The van der Waals surface area contributed by atoms with Crippen LogP contribution >= 0.6 is 0 Å². The molecule has 0 spiro atoms. The Bertz CT molecular complexity index is 1360. The SMILES string of the molecule is Cc1cccc(NC(=O)[C@@H]2CCCN(c3nnc(C)c4c(C)n(-c5ccccc5)nc34)C2)c1C. The summed E-state index contributed by atoms with van der Waals surface area (Å²) < 4.78 is 1.96. The van der Waals surface area contributed by atoms with Crippen molar-refractivity contribution in [1.82, 2.24) is 20.0 Å². The zero-order valence-electron chi connectivity index (χ0n) is 20.2. The van der Waals surface area contributed by atoms with E-state index < -0.39 is 0 Å². The second kappa shape index (κ2) is 8.89. The van der Waals surface area contributed by atoms with Gasteiger partial charge in [0.1, 0.15) is 5.52 Å². The Kier molecular flexibility index (Phi) is 5.77. The highest BCUT2D eigenvalue weighted by atomic mass is 16.1. The largest absolute Gasteiger partial charge is 0.352 e. The van der Waals surface area contributed by atoms with Crippen molar-refractivity contribution in [3.05, 3.63) is 71.0 Å². The third-order valence-corrected chi connectivity index (χ3v) is 6.94. The zero-order chi connectivity index (χ0) is 23.8. The van der Waals surface area contributed by atoms with Crippen LogP contribution < -0.4 is 10.2 Å². The van der Waals surface area contributed by atoms with Crippen LogP contribution in [-0.4, -0.2) is 39.0 Å². The van der Waals surface area contributed by atoms with Gasteiger partial charge in [0.25, 0.3) is 0 Å². The molecule has 4 aromatic rings. The number of piperidine rings is 1. The van der Waals surface area contributed by atoms with Crippen LogP contribution in [0.1, 0.15) is 35.4 Å². The predicted molar refractivity (Wildman–Crippen MR) is 136 cm³/mol. The van der Waals surface area contributed by atoms with Crippen LogP contribution in [0, 0.1) is 33.6 Å². The Hall–Kier alpha value is -3.74. The summed E-state index contributed by atoms with van der Waals surface area (Å²) in [6.07, 6.45) is 1.77. The van der Waals surface area contributed by atoms with Gasteiger partial charge >= 0.3 is 0 Å². The molecule has 1 amide bonds. The van der Waals surface area contributed by atoms with Gasteiger partial charge in [-0.25, -0.2) is 4.68 Å². The molecule has 34 heavy (non-hydrogen) atoms. The Morgan fingerprint density at radius 1 is 1.00 bits per heavy atom. The van der Waals surface area contributed by atoms with Crippen molar-refractivity contribution >= 4 is 28.3 Å². The van der Waals surface area contributed by atoms with Crippen molar-refractivity contribution in [2.75, 3.05) is 23.3 Å². The molecule has 2 aromatic heterocycles. The molecule has 174 valence electrons. The first kappa shape index (κ1) is 22.1. The number of benzene rings is 2. The van der Waals surface area contributed by atoms with E-state index >= 15 is 0 Å². The molecular weight excluding hydrogens is 424 g/mol. The summed E-state index contributed by atoms with van der Waals surface area (Å²) >= 11 is 0. The van der Waals surface area contributed by atoms with E-state index in [9.17, 15) is 4.79 Å². The van der Waals surface area contributed by atoms with Crippen molar-refractivity contribution in [3.8, 4) is 5.69 Å². The monoisotopic (exact) mass is 454 g/mol. The highest BCUT2D eigenvalue weighted by Gasteiger charge is 2.29. The first-order valence-corrected chi connectivity index (χ1v) is 11.8. The maximum Gasteiger partial charge on any atom is 0.229 e. The minimum Gasteiger partial charge on any atom is -0.352 e. The van der Waals surface area contributed by atoms with Crippen LogP contribution in [0.2, 0.25) is 0 Å². The van der Waals surface area contributed by atoms with Gasteiger partial charge in [-0.15, -0.1) is 5.10 Å². The van der Waals surface area contributed by atoms with E-state index in [4.69, 9.17) is 5.10 Å². The molecule has 0 aliphatic carbocycles. The summed E-state index contributed by atoms with van der Waals surface area (Å²) in [6.45, 7) is 9.57. The van der Waals surface area contributed by atoms with Crippen molar-refractivity contribution in [2.45, 2.75) is 40.5 Å². The standard InChI is InChI=1S/C27H30N6O/c1-17-10-8-14-23(18(17)2)28-27(34)21-11-9-15-32(16-21)26-25-24(19(3)29-30-26)20(4)33(31-25)22-12-6-5-7-13-22/h5-8,10,12-14,21H,9,11,15-16H2,1-4H3,(H,28,34)/t21-/m1/s1. The van der Waals surface area contributed by atoms with Crippen molar-refractivity contribution in [3.63, 3.8) is 0 Å². The number of nitrogens with zero attached hydrogens (tertiary/aromatic N) is 5. The lowest BCUT2D eigenvalue weighted by atomic mass is 9.96. The van der Waals surface area contributed by atoms with Gasteiger partial charge in [-0.05, 0) is 69.9 Å². The minimum atomic E-state index is -0.121. The van der Waals surface area contributed by atoms with Crippen LogP contribution in [0.3, 0.4) is 0 Å². The number of hydrogen-bond donors (Lipinski definition) is 1. The summed E-state index contributed by atoms with van der Waals surface area (Å²) in [5, 5.41) is 18.1. The number of anilines is 2. The van der Waals surface area contributed by atoms with Gasteiger partial charge in [0.15, 0.2) is 5.82 Å². The van der Waals surface area contributed by atoms with Crippen LogP contribution in [0.4, 0.5) is 11.5 Å². The molecule has 0 bridgehead atoms. The molecule has 1 atom stereocenters. The van der Waals surface area contributed by atoms with E-state index in [1.807, 2.05) is 61.0 Å². The molecule has 1 saturated heterocycles. The van der Waals surface area contributed by atoms with Gasteiger partial charge in [0.2, 0.25) is 5.91 Å². The minimum absolute atomic E-state index is 0.0562. The van der Waals surface area contributed by atoms with E-state index in [0.29, 0.717) is 6.54 Å². The third kappa shape index (κ3) is 3.91. The molecular formula is C27H30N6O. The van der Waals surface area contributed by atoms with Crippen molar-refractivity contribution in [1.29, 1.82) is 0 Å². The molecule has 0 saturated carbocycles. The fraction of sp³-hybridized carbons (Fsp3) is 0.333. The number of aromatic nitrogens is 4.